The van der Waals surface area contributed by atoms with Gasteiger partial charge in [0.2, 0.25) is 0 Å². The molecule has 0 fully saturated rings. The number of nitrogen functional groups attached to an aromatic ring is 1. The van der Waals surface area contributed by atoms with Crippen LogP contribution in [0.5, 0.6) is 0 Å². The molecule has 1 amide bonds. The number of rotatable bonds is 3. The Morgan fingerprint density at radius 1 is 1.67 bits per heavy atom. The molecule has 0 aromatic heterocycles. The van der Waals surface area contributed by atoms with Crippen molar-refractivity contribution in [1.82, 2.24) is 5.32 Å². The third kappa shape index (κ3) is 3.09. The minimum Gasteiger partial charge on any atom is -0.399 e. The summed E-state index contributed by atoms with van der Waals surface area (Å²) in [6, 6.07) is 5.06. The summed E-state index contributed by atoms with van der Waals surface area (Å²) in [6.45, 7) is 5.45. The van der Waals surface area contributed by atoms with Crippen molar-refractivity contribution in [3.8, 4) is 0 Å². The lowest BCUT2D eigenvalue weighted by Crippen LogP contribution is -2.31. The van der Waals surface area contributed by atoms with Crippen molar-refractivity contribution in [3.63, 3.8) is 0 Å². The summed E-state index contributed by atoms with van der Waals surface area (Å²) in [4.78, 5) is 11.7. The Kier molecular flexibility index (Phi) is 3.91. The second kappa shape index (κ2) is 4.98. The van der Waals surface area contributed by atoms with Crippen LogP contribution in [0.25, 0.3) is 0 Å². The van der Waals surface area contributed by atoms with Crippen molar-refractivity contribution >= 4 is 27.5 Å². The van der Waals surface area contributed by atoms with Crippen molar-refractivity contribution in [1.29, 1.82) is 0 Å². The summed E-state index contributed by atoms with van der Waals surface area (Å²) in [5.41, 5.74) is 6.70. The minimum absolute atomic E-state index is 0.0640. The highest BCUT2D eigenvalue weighted by Gasteiger charge is 2.11. The molecule has 1 unspecified atom stereocenters. The first kappa shape index (κ1) is 11.8. The third-order valence-corrected chi connectivity index (χ3v) is 2.64. The monoisotopic (exact) mass is 268 g/mol. The Balaban J connectivity index is 2.90. The summed E-state index contributed by atoms with van der Waals surface area (Å²) < 4.78 is 0.727. The molecule has 80 valence electrons. The number of benzene rings is 1. The van der Waals surface area contributed by atoms with Crippen molar-refractivity contribution in [3.05, 3.63) is 40.9 Å². The van der Waals surface area contributed by atoms with Crippen LogP contribution in [0, 0.1) is 0 Å². The Bertz CT molecular complexity index is 390. The molecule has 3 N–H and O–H groups in total. The molecule has 1 aromatic carbocycles. The first-order valence-electron chi connectivity index (χ1n) is 4.53. The van der Waals surface area contributed by atoms with Crippen LogP contribution in [-0.2, 0) is 0 Å². The number of hydrogen-bond donors (Lipinski definition) is 2. The molecule has 0 aliphatic carbocycles. The Hall–Kier alpha value is -1.29. The summed E-state index contributed by atoms with van der Waals surface area (Å²) in [7, 11) is 0. The van der Waals surface area contributed by atoms with Crippen LogP contribution in [0.15, 0.2) is 35.3 Å². The van der Waals surface area contributed by atoms with Gasteiger partial charge in [0.05, 0.1) is 5.56 Å². The van der Waals surface area contributed by atoms with Gasteiger partial charge in [-0.15, -0.1) is 6.58 Å². The van der Waals surface area contributed by atoms with Crippen LogP contribution in [0.3, 0.4) is 0 Å². The number of amides is 1. The van der Waals surface area contributed by atoms with E-state index in [1.807, 2.05) is 6.92 Å². The van der Waals surface area contributed by atoms with Crippen LogP contribution >= 0.6 is 15.9 Å². The largest absolute Gasteiger partial charge is 0.399 e. The van der Waals surface area contributed by atoms with Gasteiger partial charge < -0.3 is 11.1 Å². The van der Waals surface area contributed by atoms with E-state index in [1.54, 1.807) is 24.3 Å². The molecule has 1 aromatic rings. The third-order valence-electron chi connectivity index (χ3n) is 1.95. The zero-order valence-corrected chi connectivity index (χ0v) is 10.0. The van der Waals surface area contributed by atoms with Crippen LogP contribution in [0.4, 0.5) is 5.69 Å². The fourth-order valence-corrected chi connectivity index (χ4v) is 1.49. The molecule has 3 nitrogen and oxygen atoms in total. The van der Waals surface area contributed by atoms with E-state index in [0.29, 0.717) is 11.3 Å². The fraction of sp³-hybridized carbons (Fsp3) is 0.182. The molecule has 0 saturated carbocycles. The molecule has 1 rings (SSSR count). The molecule has 4 heteroatoms. The second-order valence-electron chi connectivity index (χ2n) is 3.24. The van der Waals surface area contributed by atoms with Gasteiger partial charge in [-0.2, -0.15) is 0 Å². The predicted molar refractivity (Wildman–Crippen MR) is 65.7 cm³/mol. The molecular weight excluding hydrogens is 256 g/mol. The number of anilines is 1. The van der Waals surface area contributed by atoms with E-state index in [-0.39, 0.29) is 11.9 Å². The van der Waals surface area contributed by atoms with Gasteiger partial charge >= 0.3 is 0 Å². The molecule has 0 aliphatic heterocycles. The highest BCUT2D eigenvalue weighted by molar-refractivity contribution is 9.10. The van der Waals surface area contributed by atoms with E-state index in [2.05, 4.69) is 27.8 Å². The van der Waals surface area contributed by atoms with Crippen LogP contribution < -0.4 is 11.1 Å². The van der Waals surface area contributed by atoms with Gasteiger partial charge in [-0.05, 0) is 41.1 Å². The number of nitrogens with two attached hydrogens (primary N) is 1. The van der Waals surface area contributed by atoms with Gasteiger partial charge in [-0.1, -0.05) is 6.08 Å². The topological polar surface area (TPSA) is 55.1 Å². The number of carbonyl (C=O) groups excluding carboxylic acids is 1. The Morgan fingerprint density at radius 2 is 2.33 bits per heavy atom. The van der Waals surface area contributed by atoms with E-state index in [0.717, 1.165) is 4.47 Å². The molecular formula is C11H13BrN2O. The molecule has 0 saturated heterocycles. The lowest BCUT2D eigenvalue weighted by atomic mass is 10.2. The number of halogens is 1. The first-order valence-corrected chi connectivity index (χ1v) is 5.32. The van der Waals surface area contributed by atoms with Gasteiger partial charge in [-0.25, -0.2) is 0 Å². The quantitative estimate of drug-likeness (QED) is 0.653. The highest BCUT2D eigenvalue weighted by atomic mass is 79.9. The van der Waals surface area contributed by atoms with Gasteiger partial charge in [0.1, 0.15) is 0 Å². The zero-order chi connectivity index (χ0) is 11.4. The van der Waals surface area contributed by atoms with Gasteiger partial charge in [-0.3, -0.25) is 4.79 Å². The highest BCUT2D eigenvalue weighted by Crippen LogP contribution is 2.19. The standard InChI is InChI=1S/C11H13BrN2O/c1-3-7(2)14-11(15)9-6-8(13)4-5-10(9)12/h3-7H,1,13H2,2H3,(H,14,15). The summed E-state index contributed by atoms with van der Waals surface area (Å²) in [6.07, 6.45) is 1.66. The lowest BCUT2D eigenvalue weighted by molar-refractivity contribution is 0.0946. The van der Waals surface area contributed by atoms with Crippen LogP contribution in [0.2, 0.25) is 0 Å². The average molecular weight is 269 g/mol. The second-order valence-corrected chi connectivity index (χ2v) is 4.09. The Morgan fingerprint density at radius 3 is 2.93 bits per heavy atom. The summed E-state index contributed by atoms with van der Waals surface area (Å²) in [5.74, 6) is -0.165. The fourth-order valence-electron chi connectivity index (χ4n) is 1.06. The van der Waals surface area contributed by atoms with Gasteiger partial charge in [0, 0.05) is 16.2 Å². The Labute approximate surface area is 97.5 Å². The predicted octanol–water partition coefficient (Wildman–Crippen LogP) is 2.34. The normalized spacial score (nSPS) is 11.9. The summed E-state index contributed by atoms with van der Waals surface area (Å²) in [5, 5.41) is 2.77. The molecule has 15 heavy (non-hydrogen) atoms. The summed E-state index contributed by atoms with van der Waals surface area (Å²) >= 11 is 3.30. The van der Waals surface area contributed by atoms with E-state index in [9.17, 15) is 4.79 Å². The van der Waals surface area contributed by atoms with E-state index < -0.39 is 0 Å². The smallest absolute Gasteiger partial charge is 0.252 e. The SMILES string of the molecule is C=CC(C)NC(=O)c1cc(N)ccc1Br. The molecule has 0 aliphatic rings. The number of carbonyl (C=O) groups is 1. The van der Waals surface area contributed by atoms with E-state index in [4.69, 9.17) is 5.73 Å². The maximum absolute atomic E-state index is 11.7. The van der Waals surface area contributed by atoms with Crippen molar-refractivity contribution in [2.75, 3.05) is 5.73 Å². The molecule has 0 heterocycles. The maximum atomic E-state index is 11.7. The maximum Gasteiger partial charge on any atom is 0.252 e. The van der Waals surface area contributed by atoms with Crippen LogP contribution in [-0.4, -0.2) is 11.9 Å². The zero-order valence-electron chi connectivity index (χ0n) is 8.46. The molecule has 0 bridgehead atoms. The van der Waals surface area contributed by atoms with Crippen LogP contribution in [0.1, 0.15) is 17.3 Å². The molecule has 1 atom stereocenters. The van der Waals surface area contributed by atoms with Crippen molar-refractivity contribution in [2.45, 2.75) is 13.0 Å². The van der Waals surface area contributed by atoms with E-state index in [1.165, 1.54) is 0 Å². The molecule has 0 radical (unpaired) electrons. The average Bonchev–Trinajstić information content (AvgIpc) is 2.21. The lowest BCUT2D eigenvalue weighted by Gasteiger charge is -2.10. The molecule has 0 spiro atoms. The number of nitrogens with one attached hydrogen (secondary N) is 1. The minimum atomic E-state index is -0.165. The van der Waals surface area contributed by atoms with Gasteiger partial charge in [0.25, 0.3) is 5.91 Å². The van der Waals surface area contributed by atoms with Crippen molar-refractivity contribution in [2.24, 2.45) is 0 Å². The number of hydrogen-bond acceptors (Lipinski definition) is 2. The van der Waals surface area contributed by atoms with E-state index >= 15 is 0 Å². The first-order chi connectivity index (χ1) is 7.04. The van der Waals surface area contributed by atoms with Gasteiger partial charge in [0.15, 0.2) is 0 Å². The van der Waals surface area contributed by atoms with Crippen molar-refractivity contribution < 1.29 is 4.79 Å².